The zero-order chi connectivity index (χ0) is 13.2. The van der Waals surface area contributed by atoms with E-state index >= 15 is 0 Å². The molecule has 3 nitrogen and oxygen atoms in total. The summed E-state index contributed by atoms with van der Waals surface area (Å²) in [6.45, 7) is 4.48. The van der Waals surface area contributed by atoms with E-state index < -0.39 is 0 Å². The third kappa shape index (κ3) is 3.05. The van der Waals surface area contributed by atoms with E-state index in [1.807, 2.05) is 7.05 Å². The normalized spacial score (nSPS) is 35.4. The molecule has 2 aliphatic carbocycles. The van der Waals surface area contributed by atoms with Crippen LogP contribution in [0, 0.1) is 11.3 Å². The molecule has 2 N–H and O–H groups in total. The quantitative estimate of drug-likeness (QED) is 0.810. The zero-order valence-corrected chi connectivity index (χ0v) is 12.1. The summed E-state index contributed by atoms with van der Waals surface area (Å²) in [7, 11) is 2.03. The average molecular weight is 252 g/mol. The van der Waals surface area contributed by atoms with E-state index in [1.165, 1.54) is 25.7 Å². The van der Waals surface area contributed by atoms with Crippen LogP contribution in [0.3, 0.4) is 0 Å². The number of hydrogen-bond acceptors (Lipinski definition) is 2. The van der Waals surface area contributed by atoms with Crippen LogP contribution in [0.25, 0.3) is 0 Å². The highest BCUT2D eigenvalue weighted by Crippen LogP contribution is 2.42. The molecule has 1 unspecified atom stereocenters. The first kappa shape index (κ1) is 13.9. The molecule has 1 amide bonds. The third-order valence-corrected chi connectivity index (χ3v) is 5.06. The van der Waals surface area contributed by atoms with Crippen LogP contribution in [-0.4, -0.2) is 25.0 Å². The topological polar surface area (TPSA) is 41.1 Å². The molecular formula is C15H28N2O. The van der Waals surface area contributed by atoms with Gasteiger partial charge in [0.2, 0.25) is 5.91 Å². The van der Waals surface area contributed by atoms with Gasteiger partial charge in [-0.05, 0) is 51.0 Å². The Morgan fingerprint density at radius 1 is 1.06 bits per heavy atom. The SMILES string of the molecule is CNC1CCC(NC(=O)C2CCCC2(C)C)CC1. The maximum absolute atomic E-state index is 12.4. The smallest absolute Gasteiger partial charge is 0.223 e. The lowest BCUT2D eigenvalue weighted by Gasteiger charge is -2.32. The molecule has 104 valence electrons. The molecule has 2 saturated carbocycles. The molecule has 1 atom stereocenters. The number of rotatable bonds is 3. The van der Waals surface area contributed by atoms with Gasteiger partial charge in [-0.25, -0.2) is 0 Å². The van der Waals surface area contributed by atoms with Gasteiger partial charge in [0.1, 0.15) is 0 Å². The van der Waals surface area contributed by atoms with Crippen molar-refractivity contribution in [1.82, 2.24) is 10.6 Å². The van der Waals surface area contributed by atoms with Gasteiger partial charge in [-0.3, -0.25) is 4.79 Å². The summed E-state index contributed by atoms with van der Waals surface area (Å²) in [6.07, 6.45) is 8.11. The van der Waals surface area contributed by atoms with Crippen LogP contribution in [0.2, 0.25) is 0 Å². The molecule has 0 aromatic rings. The molecule has 2 fully saturated rings. The van der Waals surface area contributed by atoms with Gasteiger partial charge in [-0.1, -0.05) is 20.3 Å². The van der Waals surface area contributed by atoms with Gasteiger partial charge in [-0.15, -0.1) is 0 Å². The van der Waals surface area contributed by atoms with Crippen LogP contribution in [0.1, 0.15) is 58.8 Å². The molecule has 2 rings (SSSR count). The number of amides is 1. The second-order valence-corrected chi connectivity index (χ2v) is 6.78. The Hall–Kier alpha value is -0.570. The molecule has 0 aromatic carbocycles. The first-order valence-electron chi connectivity index (χ1n) is 7.50. The highest BCUT2D eigenvalue weighted by Gasteiger charge is 2.39. The summed E-state index contributed by atoms with van der Waals surface area (Å²) in [5.41, 5.74) is 0.201. The lowest BCUT2D eigenvalue weighted by Crippen LogP contribution is -2.45. The van der Waals surface area contributed by atoms with Gasteiger partial charge in [0, 0.05) is 18.0 Å². The van der Waals surface area contributed by atoms with Gasteiger partial charge in [0.05, 0.1) is 0 Å². The van der Waals surface area contributed by atoms with E-state index in [0.717, 1.165) is 19.3 Å². The second kappa shape index (κ2) is 5.60. The second-order valence-electron chi connectivity index (χ2n) is 6.78. The molecule has 18 heavy (non-hydrogen) atoms. The minimum atomic E-state index is 0.201. The fourth-order valence-electron chi connectivity index (χ4n) is 3.64. The number of carbonyl (C=O) groups is 1. The fraction of sp³-hybridized carbons (Fsp3) is 0.933. The Morgan fingerprint density at radius 3 is 2.17 bits per heavy atom. The predicted molar refractivity (Wildman–Crippen MR) is 74.4 cm³/mol. The highest BCUT2D eigenvalue weighted by molar-refractivity contribution is 5.80. The summed E-state index contributed by atoms with van der Waals surface area (Å²) >= 11 is 0. The molecule has 0 heterocycles. The number of hydrogen-bond donors (Lipinski definition) is 2. The Labute approximate surface area is 111 Å². The number of carbonyl (C=O) groups excluding carboxylic acids is 1. The van der Waals surface area contributed by atoms with Crippen LogP contribution in [0.15, 0.2) is 0 Å². The Kier molecular flexibility index (Phi) is 4.31. The van der Waals surface area contributed by atoms with Crippen LogP contribution in [-0.2, 0) is 4.79 Å². The molecule has 0 spiro atoms. The molecule has 0 radical (unpaired) electrons. The summed E-state index contributed by atoms with van der Waals surface area (Å²) < 4.78 is 0. The van der Waals surface area contributed by atoms with E-state index in [4.69, 9.17) is 0 Å². The van der Waals surface area contributed by atoms with Crippen molar-refractivity contribution >= 4 is 5.91 Å². The first-order valence-corrected chi connectivity index (χ1v) is 7.50. The van der Waals surface area contributed by atoms with Crippen LogP contribution >= 0.6 is 0 Å². The summed E-state index contributed by atoms with van der Waals surface area (Å²) in [4.78, 5) is 12.4. The monoisotopic (exact) mass is 252 g/mol. The fourth-order valence-corrected chi connectivity index (χ4v) is 3.64. The van der Waals surface area contributed by atoms with Crippen LogP contribution in [0.5, 0.6) is 0 Å². The molecule has 0 aliphatic heterocycles. The Balaban J connectivity index is 1.81. The molecule has 0 saturated heterocycles. The molecule has 0 aromatic heterocycles. The largest absolute Gasteiger partial charge is 0.353 e. The van der Waals surface area contributed by atoms with E-state index in [1.54, 1.807) is 0 Å². The van der Waals surface area contributed by atoms with Gasteiger partial charge in [-0.2, -0.15) is 0 Å². The van der Waals surface area contributed by atoms with Crippen molar-refractivity contribution < 1.29 is 4.79 Å². The third-order valence-electron chi connectivity index (χ3n) is 5.06. The summed E-state index contributed by atoms with van der Waals surface area (Å²) in [6, 6.07) is 1.07. The minimum Gasteiger partial charge on any atom is -0.353 e. The zero-order valence-electron chi connectivity index (χ0n) is 12.1. The standard InChI is InChI=1S/C15H28N2O/c1-15(2)10-4-5-13(15)14(18)17-12-8-6-11(16-3)7-9-12/h11-13,16H,4-10H2,1-3H3,(H,17,18). The predicted octanol–water partition coefficient (Wildman–Crippen LogP) is 2.46. The summed E-state index contributed by atoms with van der Waals surface area (Å²) in [5.74, 6) is 0.546. The Morgan fingerprint density at radius 2 is 1.67 bits per heavy atom. The van der Waals surface area contributed by atoms with Crippen molar-refractivity contribution in [3.63, 3.8) is 0 Å². The van der Waals surface area contributed by atoms with Crippen molar-refractivity contribution in [2.45, 2.75) is 70.9 Å². The van der Waals surface area contributed by atoms with E-state index in [2.05, 4.69) is 24.5 Å². The van der Waals surface area contributed by atoms with Crippen molar-refractivity contribution in [2.75, 3.05) is 7.05 Å². The molecule has 3 heteroatoms. The van der Waals surface area contributed by atoms with E-state index in [0.29, 0.717) is 18.0 Å². The Bertz CT molecular complexity index is 293. The van der Waals surface area contributed by atoms with Gasteiger partial charge < -0.3 is 10.6 Å². The highest BCUT2D eigenvalue weighted by atomic mass is 16.2. The maximum Gasteiger partial charge on any atom is 0.223 e. The van der Waals surface area contributed by atoms with Crippen LogP contribution in [0.4, 0.5) is 0 Å². The summed E-state index contributed by atoms with van der Waals surface area (Å²) in [5, 5.41) is 6.63. The van der Waals surface area contributed by atoms with Crippen molar-refractivity contribution in [3.8, 4) is 0 Å². The van der Waals surface area contributed by atoms with E-state index in [9.17, 15) is 4.79 Å². The van der Waals surface area contributed by atoms with Crippen molar-refractivity contribution in [1.29, 1.82) is 0 Å². The number of nitrogens with one attached hydrogen (secondary N) is 2. The average Bonchev–Trinajstić information content (AvgIpc) is 2.70. The minimum absolute atomic E-state index is 0.201. The van der Waals surface area contributed by atoms with Crippen LogP contribution < -0.4 is 10.6 Å². The van der Waals surface area contributed by atoms with Crippen molar-refractivity contribution in [2.24, 2.45) is 11.3 Å². The lowest BCUT2D eigenvalue weighted by atomic mass is 9.81. The lowest BCUT2D eigenvalue weighted by molar-refractivity contribution is -0.128. The molecular weight excluding hydrogens is 224 g/mol. The van der Waals surface area contributed by atoms with Gasteiger partial charge >= 0.3 is 0 Å². The van der Waals surface area contributed by atoms with E-state index in [-0.39, 0.29) is 11.3 Å². The van der Waals surface area contributed by atoms with Gasteiger partial charge in [0.25, 0.3) is 0 Å². The van der Waals surface area contributed by atoms with Gasteiger partial charge in [0.15, 0.2) is 0 Å². The molecule has 0 bridgehead atoms. The van der Waals surface area contributed by atoms with Crippen molar-refractivity contribution in [3.05, 3.63) is 0 Å². The molecule has 2 aliphatic rings. The first-order chi connectivity index (χ1) is 8.53. The maximum atomic E-state index is 12.4.